The average molecular weight is 209 g/mol. The van der Waals surface area contributed by atoms with Crippen molar-refractivity contribution < 1.29 is 9.90 Å². The molecule has 1 heterocycles. The molecule has 1 aromatic rings. The summed E-state index contributed by atoms with van der Waals surface area (Å²) in [6, 6.07) is 1.95. The molecule has 82 valence electrons. The lowest BCUT2D eigenvalue weighted by Gasteiger charge is -2.11. The van der Waals surface area contributed by atoms with Gasteiger partial charge in [0.25, 0.3) is 0 Å². The van der Waals surface area contributed by atoms with Gasteiger partial charge in [0, 0.05) is 31.9 Å². The van der Waals surface area contributed by atoms with E-state index in [2.05, 4.69) is 10.4 Å². The van der Waals surface area contributed by atoms with Gasteiger partial charge in [0.2, 0.25) is 0 Å². The maximum atomic E-state index is 10.9. The second kappa shape index (κ2) is 3.66. The Labute approximate surface area is 88.1 Å². The van der Waals surface area contributed by atoms with Crippen molar-refractivity contribution in [2.45, 2.75) is 24.8 Å². The third-order valence-corrected chi connectivity index (χ3v) is 2.93. The fraction of sp³-hybridized carbons (Fsp3) is 0.600. The molecule has 0 aromatic carbocycles. The van der Waals surface area contributed by atoms with E-state index in [0.29, 0.717) is 6.54 Å². The summed E-state index contributed by atoms with van der Waals surface area (Å²) in [4.78, 5) is 10.9. The molecule has 0 radical (unpaired) electrons. The maximum Gasteiger partial charge on any atom is 0.323 e. The van der Waals surface area contributed by atoms with Crippen LogP contribution >= 0.6 is 0 Å². The number of carboxylic acids is 1. The first-order chi connectivity index (χ1) is 7.14. The largest absolute Gasteiger partial charge is 0.480 e. The minimum absolute atomic E-state index is 0.626. The molecular weight excluding hydrogens is 194 g/mol. The highest BCUT2D eigenvalue weighted by Gasteiger charge is 2.49. The summed E-state index contributed by atoms with van der Waals surface area (Å²) in [6.07, 6.45) is 4.05. The molecule has 1 saturated carbocycles. The summed E-state index contributed by atoms with van der Waals surface area (Å²) in [5, 5.41) is 16.1. The lowest BCUT2D eigenvalue weighted by Crippen LogP contribution is -2.40. The molecule has 0 spiro atoms. The fourth-order valence-electron chi connectivity index (χ4n) is 1.67. The monoisotopic (exact) mass is 209 g/mol. The van der Waals surface area contributed by atoms with Crippen LogP contribution in [0.3, 0.4) is 0 Å². The van der Waals surface area contributed by atoms with Crippen molar-refractivity contribution >= 4 is 5.97 Å². The molecule has 0 unspecified atom stereocenters. The minimum Gasteiger partial charge on any atom is -0.480 e. The number of nitrogens with zero attached hydrogens (tertiary/aromatic N) is 2. The topological polar surface area (TPSA) is 67.2 Å². The number of rotatable bonds is 5. The zero-order valence-electron chi connectivity index (χ0n) is 8.73. The highest BCUT2D eigenvalue weighted by molar-refractivity contribution is 5.82. The fourth-order valence-corrected chi connectivity index (χ4v) is 1.67. The number of carbonyl (C=O) groups is 1. The number of aliphatic carboxylic acids is 1. The Hall–Kier alpha value is -1.36. The van der Waals surface area contributed by atoms with E-state index in [-0.39, 0.29) is 0 Å². The standard InChI is InChI=1S/C10H15N3O2/c1-13-8(3-7-12-13)2-6-11-10(4-5-10)9(14)15/h3,7,11H,2,4-6H2,1H3,(H,14,15). The molecule has 2 N–H and O–H groups in total. The van der Waals surface area contributed by atoms with E-state index in [1.807, 2.05) is 17.8 Å². The van der Waals surface area contributed by atoms with Gasteiger partial charge < -0.3 is 10.4 Å². The van der Waals surface area contributed by atoms with Gasteiger partial charge in [0.05, 0.1) is 0 Å². The Bertz CT molecular complexity index is 368. The SMILES string of the molecule is Cn1nccc1CCNC1(C(=O)O)CC1. The molecule has 0 bridgehead atoms. The normalized spacial score (nSPS) is 17.7. The van der Waals surface area contributed by atoms with E-state index in [1.54, 1.807) is 6.20 Å². The molecule has 1 aromatic heterocycles. The van der Waals surface area contributed by atoms with E-state index in [1.165, 1.54) is 0 Å². The van der Waals surface area contributed by atoms with Crippen molar-refractivity contribution in [3.63, 3.8) is 0 Å². The lowest BCUT2D eigenvalue weighted by molar-refractivity contribution is -0.140. The number of nitrogens with one attached hydrogen (secondary N) is 1. The van der Waals surface area contributed by atoms with Gasteiger partial charge in [-0.15, -0.1) is 0 Å². The van der Waals surface area contributed by atoms with Crippen molar-refractivity contribution in [2.24, 2.45) is 7.05 Å². The Morgan fingerprint density at radius 2 is 2.47 bits per heavy atom. The van der Waals surface area contributed by atoms with Crippen molar-refractivity contribution in [1.29, 1.82) is 0 Å². The van der Waals surface area contributed by atoms with Gasteiger partial charge in [-0.1, -0.05) is 0 Å². The molecule has 1 aliphatic rings. The molecule has 2 rings (SSSR count). The molecule has 1 aliphatic carbocycles. The summed E-state index contributed by atoms with van der Waals surface area (Å²) in [6.45, 7) is 0.686. The first-order valence-electron chi connectivity index (χ1n) is 5.09. The van der Waals surface area contributed by atoms with Gasteiger partial charge in [-0.25, -0.2) is 0 Å². The van der Waals surface area contributed by atoms with Crippen molar-refractivity contribution in [3.05, 3.63) is 18.0 Å². The van der Waals surface area contributed by atoms with E-state index in [9.17, 15) is 4.79 Å². The molecule has 0 aliphatic heterocycles. The van der Waals surface area contributed by atoms with Crippen LogP contribution in [0, 0.1) is 0 Å². The molecule has 0 atom stereocenters. The van der Waals surface area contributed by atoms with Gasteiger partial charge in [0.15, 0.2) is 0 Å². The molecule has 5 nitrogen and oxygen atoms in total. The highest BCUT2D eigenvalue weighted by Crippen LogP contribution is 2.35. The van der Waals surface area contributed by atoms with E-state index < -0.39 is 11.5 Å². The zero-order chi connectivity index (χ0) is 10.9. The van der Waals surface area contributed by atoms with Crippen LogP contribution in [0.2, 0.25) is 0 Å². The molecule has 0 amide bonds. The van der Waals surface area contributed by atoms with Crippen LogP contribution in [-0.4, -0.2) is 32.9 Å². The molecule has 1 fully saturated rings. The van der Waals surface area contributed by atoms with E-state index in [4.69, 9.17) is 5.11 Å². The molecule has 0 saturated heterocycles. The summed E-state index contributed by atoms with van der Waals surface area (Å²) >= 11 is 0. The summed E-state index contributed by atoms with van der Waals surface area (Å²) in [5.74, 6) is -0.729. The number of aromatic nitrogens is 2. The highest BCUT2D eigenvalue weighted by atomic mass is 16.4. The Morgan fingerprint density at radius 1 is 1.73 bits per heavy atom. The Kier molecular flexibility index (Phi) is 2.48. The zero-order valence-corrected chi connectivity index (χ0v) is 8.73. The predicted molar refractivity (Wildman–Crippen MR) is 54.5 cm³/mol. The van der Waals surface area contributed by atoms with Crippen LogP contribution in [0.15, 0.2) is 12.3 Å². The third-order valence-electron chi connectivity index (χ3n) is 2.93. The first-order valence-corrected chi connectivity index (χ1v) is 5.09. The summed E-state index contributed by atoms with van der Waals surface area (Å²) in [5.41, 5.74) is 0.488. The molecular formula is C10H15N3O2. The van der Waals surface area contributed by atoms with Crippen LogP contribution in [0.1, 0.15) is 18.5 Å². The number of hydrogen-bond acceptors (Lipinski definition) is 3. The van der Waals surface area contributed by atoms with Crippen molar-refractivity contribution in [2.75, 3.05) is 6.54 Å². The summed E-state index contributed by atoms with van der Waals surface area (Å²) < 4.78 is 1.81. The van der Waals surface area contributed by atoms with Crippen LogP contribution < -0.4 is 5.32 Å². The first kappa shape index (κ1) is 10.2. The predicted octanol–water partition coefficient (Wildman–Crippen LogP) is 0.169. The second-order valence-electron chi connectivity index (χ2n) is 4.01. The van der Waals surface area contributed by atoms with Gasteiger partial charge in [-0.2, -0.15) is 5.10 Å². The van der Waals surface area contributed by atoms with Gasteiger partial charge in [-0.3, -0.25) is 9.48 Å². The average Bonchev–Trinajstić information content (AvgIpc) is 2.87. The Balaban J connectivity index is 1.81. The molecule has 15 heavy (non-hydrogen) atoms. The van der Waals surface area contributed by atoms with Gasteiger partial charge in [-0.05, 0) is 18.9 Å². The van der Waals surface area contributed by atoms with Crippen LogP contribution in [-0.2, 0) is 18.3 Å². The van der Waals surface area contributed by atoms with Crippen LogP contribution in [0.25, 0.3) is 0 Å². The lowest BCUT2D eigenvalue weighted by atomic mass is 10.2. The Morgan fingerprint density at radius 3 is 2.93 bits per heavy atom. The van der Waals surface area contributed by atoms with E-state index >= 15 is 0 Å². The van der Waals surface area contributed by atoms with E-state index in [0.717, 1.165) is 25.0 Å². The number of hydrogen-bond donors (Lipinski definition) is 2. The number of carboxylic acid groups (broad SMARTS) is 1. The van der Waals surface area contributed by atoms with Crippen LogP contribution in [0.4, 0.5) is 0 Å². The van der Waals surface area contributed by atoms with Gasteiger partial charge >= 0.3 is 5.97 Å². The smallest absolute Gasteiger partial charge is 0.323 e. The quantitative estimate of drug-likeness (QED) is 0.725. The van der Waals surface area contributed by atoms with Crippen LogP contribution in [0.5, 0.6) is 0 Å². The summed E-state index contributed by atoms with van der Waals surface area (Å²) in [7, 11) is 1.89. The number of aryl methyl sites for hydroxylation is 1. The van der Waals surface area contributed by atoms with Crippen molar-refractivity contribution in [1.82, 2.24) is 15.1 Å². The van der Waals surface area contributed by atoms with Crippen molar-refractivity contribution in [3.8, 4) is 0 Å². The minimum atomic E-state index is -0.729. The van der Waals surface area contributed by atoms with Gasteiger partial charge in [0.1, 0.15) is 5.54 Å². The molecule has 5 heteroatoms. The second-order valence-corrected chi connectivity index (χ2v) is 4.01. The third kappa shape index (κ3) is 2.02. The maximum absolute atomic E-state index is 10.9.